The standard InChI is InChI=1S/C9H4F2N2OS/c10-5-2-1-3-6(11)8(5)9(14)7-4-12-13-15-7/h1-4H. The summed E-state index contributed by atoms with van der Waals surface area (Å²) in [6, 6.07) is 3.27. The Bertz CT molecular complexity index is 479. The number of benzene rings is 1. The molecular weight excluding hydrogens is 222 g/mol. The van der Waals surface area contributed by atoms with Gasteiger partial charge >= 0.3 is 0 Å². The molecule has 0 spiro atoms. The minimum absolute atomic E-state index is 0.110. The van der Waals surface area contributed by atoms with Gasteiger partial charge in [0.05, 0.1) is 11.8 Å². The summed E-state index contributed by atoms with van der Waals surface area (Å²) in [4.78, 5) is 11.7. The van der Waals surface area contributed by atoms with Gasteiger partial charge in [-0.25, -0.2) is 8.78 Å². The van der Waals surface area contributed by atoms with Gasteiger partial charge in [-0.2, -0.15) is 0 Å². The van der Waals surface area contributed by atoms with E-state index < -0.39 is 23.0 Å². The van der Waals surface area contributed by atoms with Crippen LogP contribution in [0.4, 0.5) is 8.78 Å². The van der Waals surface area contributed by atoms with Gasteiger partial charge in [-0.3, -0.25) is 4.79 Å². The van der Waals surface area contributed by atoms with Crippen LogP contribution in [-0.4, -0.2) is 15.4 Å². The molecule has 6 heteroatoms. The lowest BCUT2D eigenvalue weighted by molar-refractivity contribution is 0.103. The normalized spacial score (nSPS) is 10.3. The van der Waals surface area contributed by atoms with Gasteiger partial charge in [0.1, 0.15) is 16.5 Å². The highest BCUT2D eigenvalue weighted by Crippen LogP contribution is 2.17. The molecule has 2 rings (SSSR count). The van der Waals surface area contributed by atoms with E-state index in [-0.39, 0.29) is 4.88 Å². The fourth-order valence-corrected chi connectivity index (χ4v) is 1.57. The molecule has 0 bridgehead atoms. The lowest BCUT2D eigenvalue weighted by atomic mass is 10.1. The minimum atomic E-state index is -0.881. The zero-order chi connectivity index (χ0) is 10.8. The molecule has 76 valence electrons. The topological polar surface area (TPSA) is 42.9 Å². The number of aromatic nitrogens is 2. The van der Waals surface area contributed by atoms with Crippen LogP contribution in [-0.2, 0) is 0 Å². The molecule has 0 atom stereocenters. The van der Waals surface area contributed by atoms with Gasteiger partial charge < -0.3 is 0 Å². The summed E-state index contributed by atoms with van der Waals surface area (Å²) in [5.74, 6) is -2.50. The number of ketones is 1. The van der Waals surface area contributed by atoms with Crippen LogP contribution in [0.5, 0.6) is 0 Å². The second kappa shape index (κ2) is 3.82. The maximum absolute atomic E-state index is 13.2. The van der Waals surface area contributed by atoms with Gasteiger partial charge in [-0.05, 0) is 23.7 Å². The third-order valence-corrected chi connectivity index (χ3v) is 2.44. The first-order valence-corrected chi connectivity index (χ1v) is 4.73. The molecule has 15 heavy (non-hydrogen) atoms. The Kier molecular flexibility index (Phi) is 2.51. The summed E-state index contributed by atoms with van der Waals surface area (Å²) in [6.07, 6.45) is 1.18. The van der Waals surface area contributed by atoms with Crippen LogP contribution in [0.3, 0.4) is 0 Å². The van der Waals surface area contributed by atoms with Crippen molar-refractivity contribution < 1.29 is 13.6 Å². The predicted octanol–water partition coefficient (Wildman–Crippen LogP) is 2.05. The Morgan fingerprint density at radius 3 is 2.47 bits per heavy atom. The molecular formula is C9H4F2N2OS. The third kappa shape index (κ3) is 1.75. The maximum Gasteiger partial charge on any atom is 0.212 e. The summed E-state index contributed by atoms with van der Waals surface area (Å²) in [5, 5.41) is 3.43. The lowest BCUT2D eigenvalue weighted by Crippen LogP contribution is -2.05. The zero-order valence-corrected chi connectivity index (χ0v) is 8.09. The molecule has 0 N–H and O–H groups in total. The monoisotopic (exact) mass is 226 g/mol. The van der Waals surface area contributed by atoms with Gasteiger partial charge in [0.25, 0.3) is 0 Å². The molecule has 0 aliphatic carbocycles. The smallest absolute Gasteiger partial charge is 0.212 e. The van der Waals surface area contributed by atoms with Crippen LogP contribution < -0.4 is 0 Å². The van der Waals surface area contributed by atoms with E-state index in [9.17, 15) is 13.6 Å². The number of carbonyl (C=O) groups is 1. The molecule has 0 radical (unpaired) electrons. The van der Waals surface area contributed by atoms with Crippen LogP contribution in [0.2, 0.25) is 0 Å². The van der Waals surface area contributed by atoms with Crippen LogP contribution in [0.25, 0.3) is 0 Å². The van der Waals surface area contributed by atoms with E-state index in [1.165, 1.54) is 12.3 Å². The van der Waals surface area contributed by atoms with Crippen molar-refractivity contribution >= 4 is 17.3 Å². The highest BCUT2D eigenvalue weighted by atomic mass is 32.1. The highest BCUT2D eigenvalue weighted by molar-refractivity contribution is 7.08. The molecule has 0 amide bonds. The molecule has 1 aromatic carbocycles. The lowest BCUT2D eigenvalue weighted by Gasteiger charge is -2.00. The molecule has 3 nitrogen and oxygen atoms in total. The van der Waals surface area contributed by atoms with Crippen molar-refractivity contribution in [1.82, 2.24) is 9.59 Å². The molecule has 0 saturated carbocycles. The second-order valence-corrected chi connectivity index (χ2v) is 3.49. The molecule has 0 aliphatic rings. The molecule has 1 heterocycles. The van der Waals surface area contributed by atoms with Crippen molar-refractivity contribution in [3.63, 3.8) is 0 Å². The van der Waals surface area contributed by atoms with Gasteiger partial charge in [-0.15, -0.1) is 5.10 Å². The SMILES string of the molecule is O=C(c1cnns1)c1c(F)cccc1F. The molecule has 2 aromatic rings. The maximum atomic E-state index is 13.2. The Hall–Kier alpha value is -1.69. The summed E-state index contributed by atoms with van der Waals surface area (Å²) in [6.45, 7) is 0. The van der Waals surface area contributed by atoms with Crippen molar-refractivity contribution in [3.8, 4) is 0 Å². The molecule has 0 aliphatic heterocycles. The van der Waals surface area contributed by atoms with Crippen molar-refractivity contribution in [1.29, 1.82) is 0 Å². The van der Waals surface area contributed by atoms with E-state index in [0.29, 0.717) is 0 Å². The van der Waals surface area contributed by atoms with E-state index >= 15 is 0 Å². The highest BCUT2D eigenvalue weighted by Gasteiger charge is 2.20. The molecule has 1 aromatic heterocycles. The first-order valence-electron chi connectivity index (χ1n) is 3.96. The van der Waals surface area contributed by atoms with E-state index in [0.717, 1.165) is 23.7 Å². The van der Waals surface area contributed by atoms with Crippen LogP contribution in [0.15, 0.2) is 24.4 Å². The van der Waals surface area contributed by atoms with Crippen molar-refractivity contribution in [2.75, 3.05) is 0 Å². The van der Waals surface area contributed by atoms with Gasteiger partial charge in [-0.1, -0.05) is 10.6 Å². The van der Waals surface area contributed by atoms with E-state index in [1.807, 2.05) is 0 Å². The fourth-order valence-electron chi connectivity index (χ4n) is 1.11. The fraction of sp³-hybridized carbons (Fsp3) is 0. The van der Waals surface area contributed by atoms with E-state index in [1.54, 1.807) is 0 Å². The molecule has 0 saturated heterocycles. The number of hydrogen-bond acceptors (Lipinski definition) is 4. The quantitative estimate of drug-likeness (QED) is 0.736. The Balaban J connectivity index is 2.51. The summed E-state index contributed by atoms with van der Waals surface area (Å²) >= 11 is 0.799. The van der Waals surface area contributed by atoms with Gasteiger partial charge in [0.15, 0.2) is 0 Å². The van der Waals surface area contributed by atoms with E-state index in [4.69, 9.17) is 0 Å². The average Bonchev–Trinajstić information content (AvgIpc) is 2.69. The molecule has 0 fully saturated rings. The summed E-state index contributed by atoms with van der Waals surface area (Å²) in [5.41, 5.74) is -0.566. The Morgan fingerprint density at radius 2 is 1.93 bits per heavy atom. The largest absolute Gasteiger partial charge is 0.287 e. The van der Waals surface area contributed by atoms with Gasteiger partial charge in [0.2, 0.25) is 5.78 Å². The molecule has 0 unspecified atom stereocenters. The third-order valence-electron chi connectivity index (χ3n) is 1.77. The summed E-state index contributed by atoms with van der Waals surface area (Å²) < 4.78 is 29.8. The first kappa shape index (κ1) is 9.85. The number of nitrogens with zero attached hydrogens (tertiary/aromatic N) is 2. The number of rotatable bonds is 2. The number of hydrogen-bond donors (Lipinski definition) is 0. The number of carbonyl (C=O) groups excluding carboxylic acids is 1. The van der Waals surface area contributed by atoms with E-state index in [2.05, 4.69) is 9.59 Å². The van der Waals surface area contributed by atoms with Gasteiger partial charge in [0, 0.05) is 0 Å². The second-order valence-electron chi connectivity index (χ2n) is 2.71. The van der Waals surface area contributed by atoms with Crippen LogP contribution >= 0.6 is 11.5 Å². The van der Waals surface area contributed by atoms with Crippen molar-refractivity contribution in [2.45, 2.75) is 0 Å². The zero-order valence-electron chi connectivity index (χ0n) is 7.28. The average molecular weight is 226 g/mol. The van der Waals surface area contributed by atoms with Crippen molar-refractivity contribution in [2.24, 2.45) is 0 Å². The minimum Gasteiger partial charge on any atom is -0.287 e. The Morgan fingerprint density at radius 1 is 1.27 bits per heavy atom. The van der Waals surface area contributed by atoms with Crippen molar-refractivity contribution in [3.05, 3.63) is 46.5 Å². The number of halogens is 2. The van der Waals surface area contributed by atoms with Crippen LogP contribution in [0, 0.1) is 11.6 Å². The Labute approximate surface area is 87.5 Å². The summed E-state index contributed by atoms with van der Waals surface area (Å²) in [7, 11) is 0. The predicted molar refractivity (Wildman–Crippen MR) is 49.7 cm³/mol. The first-order chi connectivity index (χ1) is 7.20. The van der Waals surface area contributed by atoms with Crippen LogP contribution in [0.1, 0.15) is 15.2 Å².